The largest absolute Gasteiger partial charge is 0.507 e. The second-order valence-corrected chi connectivity index (χ2v) is 5.37. The van der Waals surface area contributed by atoms with Gasteiger partial charge in [0.05, 0.1) is 0 Å². The van der Waals surface area contributed by atoms with Crippen LogP contribution in [0.25, 0.3) is 0 Å². The Morgan fingerprint density at radius 2 is 1.94 bits per heavy atom. The molecule has 1 aliphatic rings. The van der Waals surface area contributed by atoms with Crippen LogP contribution in [0, 0.1) is 0 Å². The Balaban J connectivity index is 2.16. The van der Waals surface area contributed by atoms with Gasteiger partial charge in [0.2, 0.25) is 0 Å². The molecule has 0 spiro atoms. The zero-order chi connectivity index (χ0) is 12.3. The van der Waals surface area contributed by atoms with E-state index >= 15 is 0 Å². The van der Waals surface area contributed by atoms with Gasteiger partial charge < -0.3 is 10.4 Å². The minimum Gasteiger partial charge on any atom is -0.507 e. The molecule has 1 saturated heterocycles. The van der Waals surface area contributed by atoms with Crippen molar-refractivity contribution in [1.82, 2.24) is 10.2 Å². The fraction of sp³-hybridized carbons (Fsp3) is 0.538. The van der Waals surface area contributed by atoms with Gasteiger partial charge in [-0.25, -0.2) is 0 Å². The predicted molar refractivity (Wildman–Crippen MR) is 73.3 cm³/mol. The number of nitrogens with zero attached hydrogens (tertiary/aromatic N) is 1. The van der Waals surface area contributed by atoms with Gasteiger partial charge in [-0.05, 0) is 24.1 Å². The Labute approximate surface area is 111 Å². The van der Waals surface area contributed by atoms with Crippen LogP contribution in [0.4, 0.5) is 0 Å². The van der Waals surface area contributed by atoms with Crippen molar-refractivity contribution in [2.75, 3.05) is 26.2 Å². The van der Waals surface area contributed by atoms with E-state index in [1.165, 1.54) is 0 Å². The Hall–Kier alpha value is -0.580. The summed E-state index contributed by atoms with van der Waals surface area (Å²) in [5.41, 5.74) is 2.04. The third kappa shape index (κ3) is 3.21. The number of aromatic hydroxyl groups is 1. The van der Waals surface area contributed by atoms with Crippen molar-refractivity contribution >= 4 is 15.9 Å². The molecule has 94 valence electrons. The lowest BCUT2D eigenvalue weighted by Gasteiger charge is -2.27. The SMILES string of the molecule is CCc1cc(Br)cc(CN2CCNCC2)c1O. The lowest BCUT2D eigenvalue weighted by molar-refractivity contribution is 0.230. The smallest absolute Gasteiger partial charge is 0.123 e. The summed E-state index contributed by atoms with van der Waals surface area (Å²) in [6, 6.07) is 4.02. The highest BCUT2D eigenvalue weighted by Gasteiger charge is 2.14. The molecule has 1 heterocycles. The minimum atomic E-state index is 0.467. The highest BCUT2D eigenvalue weighted by Crippen LogP contribution is 2.28. The number of phenols is 1. The summed E-state index contributed by atoms with van der Waals surface area (Å²) in [6.45, 7) is 7.07. The van der Waals surface area contributed by atoms with E-state index in [1.54, 1.807) is 0 Å². The molecule has 0 atom stereocenters. The van der Waals surface area contributed by atoms with E-state index in [1.807, 2.05) is 12.1 Å². The Morgan fingerprint density at radius 1 is 1.29 bits per heavy atom. The molecule has 3 nitrogen and oxygen atoms in total. The second kappa shape index (κ2) is 5.85. The van der Waals surface area contributed by atoms with Gasteiger partial charge in [0.25, 0.3) is 0 Å². The van der Waals surface area contributed by atoms with Gasteiger partial charge in [-0.15, -0.1) is 0 Å². The van der Waals surface area contributed by atoms with Crippen LogP contribution in [0.5, 0.6) is 5.75 Å². The summed E-state index contributed by atoms with van der Waals surface area (Å²) in [5.74, 6) is 0.467. The first-order valence-electron chi connectivity index (χ1n) is 6.14. The topological polar surface area (TPSA) is 35.5 Å². The number of phenolic OH excluding ortho intramolecular Hbond substituents is 1. The van der Waals surface area contributed by atoms with Crippen molar-refractivity contribution in [2.24, 2.45) is 0 Å². The fourth-order valence-corrected chi connectivity index (χ4v) is 2.77. The van der Waals surface area contributed by atoms with Crippen molar-refractivity contribution in [1.29, 1.82) is 0 Å². The van der Waals surface area contributed by atoms with Crippen molar-refractivity contribution in [3.63, 3.8) is 0 Å². The number of hydrogen-bond acceptors (Lipinski definition) is 3. The monoisotopic (exact) mass is 298 g/mol. The van der Waals surface area contributed by atoms with Crippen LogP contribution in [0.15, 0.2) is 16.6 Å². The molecule has 2 rings (SSSR count). The van der Waals surface area contributed by atoms with Gasteiger partial charge in [0, 0.05) is 42.8 Å². The maximum atomic E-state index is 10.2. The first kappa shape index (κ1) is 12.9. The molecule has 0 radical (unpaired) electrons. The maximum Gasteiger partial charge on any atom is 0.123 e. The van der Waals surface area contributed by atoms with Gasteiger partial charge in [-0.1, -0.05) is 22.9 Å². The molecule has 0 amide bonds. The van der Waals surface area contributed by atoms with E-state index in [0.29, 0.717) is 5.75 Å². The van der Waals surface area contributed by atoms with Crippen molar-refractivity contribution in [3.8, 4) is 5.75 Å². The number of nitrogens with one attached hydrogen (secondary N) is 1. The predicted octanol–water partition coefficient (Wildman–Crippen LogP) is 2.12. The van der Waals surface area contributed by atoms with Gasteiger partial charge >= 0.3 is 0 Å². The number of aryl methyl sites for hydroxylation is 1. The number of piperazine rings is 1. The minimum absolute atomic E-state index is 0.467. The highest BCUT2D eigenvalue weighted by molar-refractivity contribution is 9.10. The van der Waals surface area contributed by atoms with Crippen LogP contribution in [-0.4, -0.2) is 36.2 Å². The van der Waals surface area contributed by atoms with Crippen LogP contribution < -0.4 is 5.32 Å². The quantitative estimate of drug-likeness (QED) is 0.897. The Bertz CT molecular complexity index is 389. The third-order valence-corrected chi connectivity index (χ3v) is 3.67. The first-order chi connectivity index (χ1) is 8.20. The number of halogens is 1. The van der Waals surface area contributed by atoms with Crippen LogP contribution in [0.1, 0.15) is 18.1 Å². The van der Waals surface area contributed by atoms with Gasteiger partial charge in [0.15, 0.2) is 0 Å². The molecule has 2 N–H and O–H groups in total. The average molecular weight is 299 g/mol. The summed E-state index contributed by atoms with van der Waals surface area (Å²) in [4.78, 5) is 2.37. The molecule has 0 saturated carbocycles. The second-order valence-electron chi connectivity index (χ2n) is 4.45. The summed E-state index contributed by atoms with van der Waals surface area (Å²) in [5, 5.41) is 13.5. The first-order valence-corrected chi connectivity index (χ1v) is 6.93. The molecule has 1 aromatic carbocycles. The van der Waals surface area contributed by atoms with E-state index in [2.05, 4.69) is 33.1 Å². The van der Waals surface area contributed by atoms with Crippen LogP contribution in [0.2, 0.25) is 0 Å². The Kier molecular flexibility index (Phi) is 4.42. The van der Waals surface area contributed by atoms with E-state index in [4.69, 9.17) is 0 Å². The summed E-state index contributed by atoms with van der Waals surface area (Å²) >= 11 is 3.51. The number of benzene rings is 1. The lowest BCUT2D eigenvalue weighted by Crippen LogP contribution is -2.42. The molecule has 1 aliphatic heterocycles. The molecule has 0 bridgehead atoms. The molecule has 1 aromatic rings. The molecule has 1 fully saturated rings. The van der Waals surface area contributed by atoms with Crippen LogP contribution >= 0.6 is 15.9 Å². The molecule has 0 unspecified atom stereocenters. The van der Waals surface area contributed by atoms with E-state index in [9.17, 15) is 5.11 Å². The molecule has 0 aliphatic carbocycles. The standard InChI is InChI=1S/C13H19BrN2O/c1-2-10-7-12(14)8-11(13(10)17)9-16-5-3-15-4-6-16/h7-8,15,17H,2-6,9H2,1H3. The normalized spacial score (nSPS) is 17.3. The van der Waals surface area contributed by atoms with Crippen molar-refractivity contribution < 1.29 is 5.11 Å². The third-order valence-electron chi connectivity index (χ3n) is 3.22. The maximum absolute atomic E-state index is 10.2. The zero-order valence-corrected chi connectivity index (χ0v) is 11.8. The highest BCUT2D eigenvalue weighted by atomic mass is 79.9. The average Bonchev–Trinajstić information content (AvgIpc) is 2.34. The van der Waals surface area contributed by atoms with Crippen LogP contribution in [-0.2, 0) is 13.0 Å². The molecule has 4 heteroatoms. The summed E-state index contributed by atoms with van der Waals surface area (Å²) < 4.78 is 1.05. The van der Waals surface area contributed by atoms with E-state index < -0.39 is 0 Å². The lowest BCUT2D eigenvalue weighted by atomic mass is 10.1. The number of rotatable bonds is 3. The molecular formula is C13H19BrN2O. The van der Waals surface area contributed by atoms with Crippen molar-refractivity contribution in [2.45, 2.75) is 19.9 Å². The zero-order valence-electron chi connectivity index (χ0n) is 10.2. The summed E-state index contributed by atoms with van der Waals surface area (Å²) in [6.07, 6.45) is 0.861. The van der Waals surface area contributed by atoms with Gasteiger partial charge in [0.1, 0.15) is 5.75 Å². The molecular weight excluding hydrogens is 280 g/mol. The van der Waals surface area contributed by atoms with E-state index in [-0.39, 0.29) is 0 Å². The number of hydrogen-bond donors (Lipinski definition) is 2. The molecule has 0 aromatic heterocycles. The summed E-state index contributed by atoms with van der Waals surface area (Å²) in [7, 11) is 0. The van der Waals surface area contributed by atoms with E-state index in [0.717, 1.165) is 54.7 Å². The Morgan fingerprint density at radius 3 is 2.59 bits per heavy atom. The fourth-order valence-electron chi connectivity index (χ4n) is 2.22. The molecule has 17 heavy (non-hydrogen) atoms. The van der Waals surface area contributed by atoms with Gasteiger partial charge in [-0.3, -0.25) is 4.90 Å². The van der Waals surface area contributed by atoms with Crippen LogP contribution in [0.3, 0.4) is 0 Å². The van der Waals surface area contributed by atoms with Crippen molar-refractivity contribution in [3.05, 3.63) is 27.7 Å². The van der Waals surface area contributed by atoms with Gasteiger partial charge in [-0.2, -0.15) is 0 Å².